The zero-order valence-electron chi connectivity index (χ0n) is 27.9. The van der Waals surface area contributed by atoms with Gasteiger partial charge in [0.2, 0.25) is 0 Å². The highest BCUT2D eigenvalue weighted by Gasteiger charge is 2.63. The SMILES string of the molecule is CC(CO[C@@H]1O[C@H](CO)[C@@H](O)[C@H](O)[C@H]1O)[C@@H](C)[C@@H](O)[C@H](O)[C@@H](C)[C@H]1CC[C@H]2[C@@H]3COC(=O)[C@H]4C[C@H](O)[C@H](O)C[C@]4(C)[C@H]3CC[C@]12C. The molecule has 1 unspecified atom stereocenters. The van der Waals surface area contributed by atoms with Gasteiger partial charge in [-0.3, -0.25) is 4.79 Å². The van der Waals surface area contributed by atoms with Crippen LogP contribution in [-0.4, -0.2) is 122 Å². The normalized spacial score (nSPS) is 49.4. The number of aliphatic hydroxyl groups excluding tert-OH is 8. The van der Waals surface area contributed by atoms with Crippen molar-refractivity contribution in [3.63, 3.8) is 0 Å². The van der Waals surface area contributed by atoms with Crippen LogP contribution in [0.25, 0.3) is 0 Å². The van der Waals surface area contributed by atoms with Gasteiger partial charge < -0.3 is 55.1 Å². The molecule has 0 bridgehead atoms. The number of fused-ring (bicyclic) bond motifs is 5. The number of ether oxygens (including phenoxy) is 3. The first-order chi connectivity index (χ1) is 21.6. The van der Waals surface area contributed by atoms with Gasteiger partial charge in [0.1, 0.15) is 24.4 Å². The summed E-state index contributed by atoms with van der Waals surface area (Å²) >= 11 is 0. The minimum Gasteiger partial charge on any atom is -0.465 e. The molecule has 19 atom stereocenters. The van der Waals surface area contributed by atoms with Crippen LogP contribution >= 0.6 is 0 Å². The van der Waals surface area contributed by atoms with Gasteiger partial charge in [-0.05, 0) is 90.8 Å². The first-order valence-electron chi connectivity index (χ1n) is 17.4. The van der Waals surface area contributed by atoms with Gasteiger partial charge in [-0.2, -0.15) is 0 Å². The van der Waals surface area contributed by atoms with Gasteiger partial charge in [0.25, 0.3) is 0 Å². The monoisotopic (exact) mass is 658 g/mol. The Hall–Kier alpha value is -0.930. The first-order valence-corrected chi connectivity index (χ1v) is 17.4. The van der Waals surface area contributed by atoms with Crippen molar-refractivity contribution in [3.8, 4) is 0 Å². The second kappa shape index (κ2) is 13.8. The molecular formula is C34H58O12. The minimum absolute atomic E-state index is 0.0402. The van der Waals surface area contributed by atoms with E-state index in [0.717, 1.165) is 25.7 Å². The Labute approximate surface area is 272 Å². The van der Waals surface area contributed by atoms with Crippen molar-refractivity contribution < 1.29 is 59.9 Å². The fourth-order valence-electron chi connectivity index (χ4n) is 10.5. The topological polar surface area (TPSA) is 207 Å². The molecule has 2 heterocycles. The van der Waals surface area contributed by atoms with E-state index in [4.69, 9.17) is 14.2 Å². The van der Waals surface area contributed by atoms with E-state index >= 15 is 0 Å². The lowest BCUT2D eigenvalue weighted by Crippen LogP contribution is -2.59. The Kier molecular flexibility index (Phi) is 10.9. The van der Waals surface area contributed by atoms with Crippen molar-refractivity contribution in [1.29, 1.82) is 0 Å². The molecule has 5 rings (SSSR count). The number of carbonyl (C=O) groups is 1. The second-order valence-corrected chi connectivity index (χ2v) is 16.1. The van der Waals surface area contributed by atoms with Gasteiger partial charge in [-0.25, -0.2) is 0 Å². The summed E-state index contributed by atoms with van der Waals surface area (Å²) in [5.41, 5.74) is -0.585. The predicted molar refractivity (Wildman–Crippen MR) is 164 cm³/mol. The number of rotatable bonds is 9. The molecule has 12 nitrogen and oxygen atoms in total. The molecule has 46 heavy (non-hydrogen) atoms. The van der Waals surface area contributed by atoms with E-state index in [1.165, 1.54) is 0 Å². The van der Waals surface area contributed by atoms with Crippen LogP contribution in [0.4, 0.5) is 0 Å². The van der Waals surface area contributed by atoms with Crippen molar-refractivity contribution in [2.24, 2.45) is 58.2 Å². The lowest BCUT2D eigenvalue weighted by molar-refractivity contribution is -0.304. The molecule has 0 aromatic heterocycles. The number of carbonyl (C=O) groups excluding carboxylic acids is 1. The van der Waals surface area contributed by atoms with Crippen LogP contribution in [0.1, 0.15) is 73.1 Å². The predicted octanol–water partition coefficient (Wildman–Crippen LogP) is 0.187. The number of esters is 1. The molecule has 266 valence electrons. The van der Waals surface area contributed by atoms with Gasteiger partial charge >= 0.3 is 5.97 Å². The average molecular weight is 659 g/mol. The molecule has 0 aromatic rings. The van der Waals surface area contributed by atoms with Gasteiger partial charge in [0, 0.05) is 0 Å². The van der Waals surface area contributed by atoms with E-state index in [1.54, 1.807) is 0 Å². The lowest BCUT2D eigenvalue weighted by atomic mass is 9.48. The molecule has 2 saturated heterocycles. The van der Waals surface area contributed by atoms with Crippen LogP contribution in [0.3, 0.4) is 0 Å². The van der Waals surface area contributed by atoms with E-state index in [2.05, 4.69) is 13.8 Å². The van der Waals surface area contributed by atoms with Crippen LogP contribution in [-0.2, 0) is 19.0 Å². The molecule has 0 aromatic carbocycles. The smallest absolute Gasteiger partial charge is 0.309 e. The van der Waals surface area contributed by atoms with Crippen molar-refractivity contribution >= 4 is 5.97 Å². The summed E-state index contributed by atoms with van der Waals surface area (Å²) in [6.45, 7) is 9.89. The Morgan fingerprint density at radius 1 is 0.891 bits per heavy atom. The Bertz CT molecular complexity index is 1060. The van der Waals surface area contributed by atoms with Crippen LogP contribution in [0, 0.1) is 58.2 Å². The number of aliphatic hydroxyl groups is 8. The average Bonchev–Trinajstić information content (AvgIpc) is 3.34. The zero-order chi connectivity index (χ0) is 33.9. The van der Waals surface area contributed by atoms with Crippen molar-refractivity contribution in [3.05, 3.63) is 0 Å². The maximum atomic E-state index is 13.1. The first kappa shape index (κ1) is 36.4. The minimum atomic E-state index is -1.54. The Morgan fingerprint density at radius 2 is 1.57 bits per heavy atom. The second-order valence-electron chi connectivity index (χ2n) is 16.1. The standard InChI is InChI=1S/C34H58O12/c1-15(13-45-32-30(42)29(41)28(40)25(12-35)46-32)16(2)26(38)27(39)17(3)19-6-7-20-18-14-44-31(43)22-10-23(36)24(37)11-34(22,5)21(18)8-9-33(19,20)4/h15-30,32,35-42H,6-14H2,1-5H3/t15?,16-,17+,18+,19-,20+,21+,22-,23+,24-,25-,26-,27-,28-,29+,30-,32-,33-,34-/m1/s1. The Morgan fingerprint density at radius 3 is 2.24 bits per heavy atom. The third-order valence-corrected chi connectivity index (χ3v) is 13.8. The fraction of sp³-hybridized carbons (Fsp3) is 0.971. The molecule has 5 aliphatic rings. The molecule has 5 fully saturated rings. The highest BCUT2D eigenvalue weighted by atomic mass is 16.7. The van der Waals surface area contributed by atoms with Crippen LogP contribution in [0.2, 0.25) is 0 Å². The number of cyclic esters (lactones) is 1. The van der Waals surface area contributed by atoms with Crippen LogP contribution in [0.5, 0.6) is 0 Å². The van der Waals surface area contributed by atoms with Gasteiger partial charge in [-0.1, -0.05) is 34.6 Å². The van der Waals surface area contributed by atoms with E-state index in [0.29, 0.717) is 13.0 Å². The molecule has 3 aliphatic carbocycles. The molecule has 12 heteroatoms. The van der Waals surface area contributed by atoms with E-state index in [1.807, 2.05) is 20.8 Å². The maximum absolute atomic E-state index is 13.1. The summed E-state index contributed by atoms with van der Waals surface area (Å²) in [6.07, 6.45) is -6.54. The molecule has 0 spiro atoms. The van der Waals surface area contributed by atoms with Crippen molar-refractivity contribution in [1.82, 2.24) is 0 Å². The van der Waals surface area contributed by atoms with Gasteiger partial charge in [-0.15, -0.1) is 0 Å². The summed E-state index contributed by atoms with van der Waals surface area (Å²) in [4.78, 5) is 13.1. The fourth-order valence-corrected chi connectivity index (χ4v) is 10.5. The summed E-state index contributed by atoms with van der Waals surface area (Å²) < 4.78 is 17.0. The third-order valence-electron chi connectivity index (χ3n) is 13.8. The maximum Gasteiger partial charge on any atom is 0.309 e. The van der Waals surface area contributed by atoms with E-state index in [9.17, 15) is 45.6 Å². The van der Waals surface area contributed by atoms with E-state index < -0.39 is 79.0 Å². The number of hydrogen-bond acceptors (Lipinski definition) is 12. The highest BCUT2D eigenvalue weighted by Crippen LogP contribution is 2.66. The largest absolute Gasteiger partial charge is 0.465 e. The summed E-state index contributed by atoms with van der Waals surface area (Å²) in [5.74, 6) is -0.895. The Balaban J connectivity index is 1.23. The van der Waals surface area contributed by atoms with E-state index in [-0.39, 0.29) is 59.9 Å². The molecule has 8 N–H and O–H groups in total. The molecule has 2 aliphatic heterocycles. The molecule has 3 saturated carbocycles. The molecule has 0 radical (unpaired) electrons. The summed E-state index contributed by atoms with van der Waals surface area (Å²) in [6, 6.07) is 0. The van der Waals surface area contributed by atoms with Crippen LogP contribution < -0.4 is 0 Å². The quantitative estimate of drug-likeness (QED) is 0.156. The molecular weight excluding hydrogens is 600 g/mol. The van der Waals surface area contributed by atoms with Crippen molar-refractivity contribution in [2.45, 2.75) is 128 Å². The van der Waals surface area contributed by atoms with Crippen LogP contribution in [0.15, 0.2) is 0 Å². The molecule has 0 amide bonds. The third kappa shape index (κ3) is 6.18. The summed E-state index contributed by atoms with van der Waals surface area (Å²) in [5, 5.41) is 83.8. The summed E-state index contributed by atoms with van der Waals surface area (Å²) in [7, 11) is 0. The van der Waals surface area contributed by atoms with Crippen molar-refractivity contribution in [2.75, 3.05) is 19.8 Å². The van der Waals surface area contributed by atoms with Gasteiger partial charge in [0.05, 0.1) is 50.2 Å². The number of hydrogen-bond donors (Lipinski definition) is 8. The lowest BCUT2D eigenvalue weighted by Gasteiger charge is -2.56. The zero-order valence-corrected chi connectivity index (χ0v) is 27.9. The van der Waals surface area contributed by atoms with Gasteiger partial charge in [0.15, 0.2) is 6.29 Å². The highest BCUT2D eigenvalue weighted by molar-refractivity contribution is 5.74.